The molecule has 0 fully saturated rings. The van der Waals surface area contributed by atoms with E-state index in [1.165, 1.54) is 13.0 Å². The predicted molar refractivity (Wildman–Crippen MR) is 103 cm³/mol. The first-order chi connectivity index (χ1) is 13.7. The van der Waals surface area contributed by atoms with Gasteiger partial charge in [0.1, 0.15) is 11.3 Å². The molecule has 1 amide bonds. The summed E-state index contributed by atoms with van der Waals surface area (Å²) >= 11 is 0. The average Bonchev–Trinajstić information content (AvgIpc) is 2.61. The molecule has 2 N–H and O–H groups in total. The normalized spacial score (nSPS) is 16.3. The molecule has 0 saturated heterocycles. The minimum absolute atomic E-state index is 0.0764. The van der Waals surface area contributed by atoms with E-state index in [2.05, 4.69) is 5.32 Å². The number of nitrogens with one attached hydrogen (secondary N) is 1. The summed E-state index contributed by atoms with van der Waals surface area (Å²) in [7, 11) is -1.31. The van der Waals surface area contributed by atoms with Crippen molar-refractivity contribution < 1.29 is 38.3 Å². The number of amides is 1. The average molecular weight is 407 g/mol. The predicted octanol–water partition coefficient (Wildman–Crippen LogP) is 1.99. The van der Waals surface area contributed by atoms with Gasteiger partial charge in [0, 0.05) is 13.3 Å². The maximum Gasteiger partial charge on any atom is 0.547 e. The summed E-state index contributed by atoms with van der Waals surface area (Å²) in [5, 5.41) is 13.0. The van der Waals surface area contributed by atoms with Gasteiger partial charge in [-0.1, -0.05) is 19.1 Å². The molecule has 29 heavy (non-hydrogen) atoms. The second-order valence-corrected chi connectivity index (χ2v) is 6.94. The second kappa shape index (κ2) is 10.2. The molecule has 1 heterocycles. The van der Waals surface area contributed by atoms with Crippen molar-refractivity contribution >= 4 is 25.2 Å². The number of carbonyl (C=O) groups excluding carboxylic acids is 3. The van der Waals surface area contributed by atoms with Crippen molar-refractivity contribution in [2.24, 2.45) is 0 Å². The quantitative estimate of drug-likeness (QED) is 0.400. The summed E-state index contributed by atoms with van der Waals surface area (Å²) in [6, 6.07) is 4.85. The van der Waals surface area contributed by atoms with Crippen molar-refractivity contribution in [2.75, 3.05) is 0 Å². The highest BCUT2D eigenvalue weighted by atomic mass is 16.8. The Kier molecular flexibility index (Phi) is 7.89. The maximum atomic E-state index is 12.5. The third-order valence-electron chi connectivity index (χ3n) is 4.03. The van der Waals surface area contributed by atoms with Gasteiger partial charge in [-0.05, 0) is 38.3 Å². The molecule has 0 spiro atoms. The van der Waals surface area contributed by atoms with E-state index in [4.69, 9.17) is 18.9 Å². The Hall–Kier alpha value is -2.75. The molecule has 0 bridgehead atoms. The molecule has 1 aromatic rings. The lowest BCUT2D eigenvalue weighted by atomic mass is 9.72. The summed E-state index contributed by atoms with van der Waals surface area (Å²) < 4.78 is 20.3. The molecule has 0 aromatic heterocycles. The van der Waals surface area contributed by atoms with Crippen molar-refractivity contribution in [1.29, 1.82) is 0 Å². The summed E-state index contributed by atoms with van der Waals surface area (Å²) in [5.74, 6) is -1.42. The fraction of sp³-hybridized carbons (Fsp3) is 0.526. The smallest absolute Gasteiger partial charge is 0.534 e. The second-order valence-electron chi connectivity index (χ2n) is 6.94. The summed E-state index contributed by atoms with van der Waals surface area (Å²) in [6.07, 6.45) is -1.17. The Labute approximate surface area is 169 Å². The number of esters is 1. The van der Waals surface area contributed by atoms with Gasteiger partial charge in [-0.2, -0.15) is 0 Å². The molecule has 2 rings (SSSR count). The monoisotopic (exact) mass is 407 g/mol. The molecule has 0 saturated carbocycles. The number of ether oxygens (including phenoxy) is 3. The van der Waals surface area contributed by atoms with Crippen molar-refractivity contribution in [3.63, 3.8) is 0 Å². The highest BCUT2D eigenvalue weighted by molar-refractivity contribution is 6.47. The van der Waals surface area contributed by atoms with E-state index in [1.54, 1.807) is 26.0 Å². The van der Waals surface area contributed by atoms with Crippen molar-refractivity contribution in [3.8, 4) is 5.75 Å². The molecule has 1 aliphatic heterocycles. The van der Waals surface area contributed by atoms with Gasteiger partial charge in [0.15, 0.2) is 0 Å². The Morgan fingerprint density at radius 3 is 2.62 bits per heavy atom. The van der Waals surface area contributed by atoms with E-state index < -0.39 is 31.5 Å². The Balaban J connectivity index is 2.06. The van der Waals surface area contributed by atoms with E-state index in [0.717, 1.165) is 0 Å². The van der Waals surface area contributed by atoms with E-state index in [1.807, 2.05) is 6.92 Å². The fourth-order valence-electron chi connectivity index (χ4n) is 2.81. The molecule has 10 heteroatoms. The van der Waals surface area contributed by atoms with Gasteiger partial charge >= 0.3 is 19.2 Å². The Morgan fingerprint density at radius 1 is 1.24 bits per heavy atom. The number of benzene rings is 1. The third-order valence-corrected chi connectivity index (χ3v) is 4.03. The zero-order valence-electron chi connectivity index (χ0n) is 17.0. The van der Waals surface area contributed by atoms with Crippen LogP contribution in [0, 0.1) is 0 Å². The number of carbonyl (C=O) groups is 3. The Bertz CT molecular complexity index is 754. The SMILES string of the molecule is CCCC(=O)NC1Cc2cccc(C(=O)OC(C)OC(=O)OC(C)C)c2OB1O. The largest absolute Gasteiger partial charge is 0.547 e. The molecule has 158 valence electrons. The molecular formula is C19H26BNO8. The topological polar surface area (TPSA) is 120 Å². The molecule has 0 aliphatic carbocycles. The Morgan fingerprint density at radius 2 is 1.97 bits per heavy atom. The fourth-order valence-corrected chi connectivity index (χ4v) is 2.81. The number of hydrogen-bond donors (Lipinski definition) is 2. The third kappa shape index (κ3) is 6.38. The van der Waals surface area contributed by atoms with Crippen LogP contribution in [0.5, 0.6) is 5.75 Å². The first kappa shape index (κ1) is 22.5. The van der Waals surface area contributed by atoms with Gasteiger partial charge in [-0.25, -0.2) is 9.59 Å². The summed E-state index contributed by atoms with van der Waals surface area (Å²) in [6.45, 7) is 6.58. The van der Waals surface area contributed by atoms with Crippen LogP contribution in [0.3, 0.4) is 0 Å². The molecule has 1 aromatic carbocycles. The van der Waals surface area contributed by atoms with Crippen LogP contribution in [0.2, 0.25) is 0 Å². The molecular weight excluding hydrogens is 381 g/mol. The van der Waals surface area contributed by atoms with Gasteiger partial charge in [-0.15, -0.1) is 0 Å². The van der Waals surface area contributed by atoms with Crippen LogP contribution in [0.4, 0.5) is 4.79 Å². The van der Waals surface area contributed by atoms with Crippen LogP contribution in [0.1, 0.15) is 56.5 Å². The zero-order valence-corrected chi connectivity index (χ0v) is 17.0. The van der Waals surface area contributed by atoms with E-state index in [-0.39, 0.29) is 23.3 Å². The van der Waals surface area contributed by atoms with Gasteiger partial charge in [-0.3, -0.25) is 4.79 Å². The van der Waals surface area contributed by atoms with E-state index >= 15 is 0 Å². The first-order valence-corrected chi connectivity index (χ1v) is 9.55. The highest BCUT2D eigenvalue weighted by Gasteiger charge is 2.38. The van der Waals surface area contributed by atoms with E-state index in [9.17, 15) is 19.4 Å². The van der Waals surface area contributed by atoms with Gasteiger partial charge < -0.3 is 29.2 Å². The number of para-hydroxylation sites is 1. The van der Waals surface area contributed by atoms with Crippen LogP contribution in [0.15, 0.2) is 18.2 Å². The van der Waals surface area contributed by atoms with Crippen LogP contribution in [0.25, 0.3) is 0 Å². The minimum atomic E-state index is -1.31. The van der Waals surface area contributed by atoms with Crippen LogP contribution in [-0.4, -0.2) is 48.5 Å². The molecule has 0 radical (unpaired) electrons. The summed E-state index contributed by atoms with van der Waals surface area (Å²) in [5.41, 5.74) is 0.715. The minimum Gasteiger partial charge on any atom is -0.534 e. The number of fused-ring (bicyclic) bond motifs is 1. The number of hydrogen-bond acceptors (Lipinski definition) is 8. The van der Waals surface area contributed by atoms with Gasteiger partial charge in [0.25, 0.3) is 0 Å². The van der Waals surface area contributed by atoms with Gasteiger partial charge in [0.05, 0.1) is 12.0 Å². The van der Waals surface area contributed by atoms with Crippen LogP contribution >= 0.6 is 0 Å². The van der Waals surface area contributed by atoms with Crippen molar-refractivity contribution in [1.82, 2.24) is 5.32 Å². The summed E-state index contributed by atoms with van der Waals surface area (Å²) in [4.78, 5) is 35.8. The van der Waals surface area contributed by atoms with Crippen LogP contribution in [-0.2, 0) is 25.4 Å². The lowest BCUT2D eigenvalue weighted by molar-refractivity contribution is -0.121. The molecule has 2 unspecified atom stereocenters. The lowest BCUT2D eigenvalue weighted by Crippen LogP contribution is -2.53. The molecule has 9 nitrogen and oxygen atoms in total. The van der Waals surface area contributed by atoms with Crippen molar-refractivity contribution in [2.45, 2.75) is 65.3 Å². The molecule has 1 aliphatic rings. The van der Waals surface area contributed by atoms with E-state index in [0.29, 0.717) is 24.8 Å². The zero-order chi connectivity index (χ0) is 21.6. The molecule has 2 atom stereocenters. The van der Waals surface area contributed by atoms with Gasteiger partial charge in [0.2, 0.25) is 12.2 Å². The maximum absolute atomic E-state index is 12.5. The standard InChI is InChI=1S/C19H26BNO8/c1-5-7-16(22)21-15-10-13-8-6-9-14(17(13)29-20(15)25)18(23)27-12(4)28-19(24)26-11(2)3/h6,8-9,11-12,15,25H,5,7,10H2,1-4H3,(H,21,22). The lowest BCUT2D eigenvalue weighted by Gasteiger charge is -2.29. The first-order valence-electron chi connectivity index (χ1n) is 9.55. The van der Waals surface area contributed by atoms with Crippen LogP contribution < -0.4 is 9.97 Å². The van der Waals surface area contributed by atoms with Crippen molar-refractivity contribution in [3.05, 3.63) is 29.3 Å². The number of rotatable bonds is 7. The highest BCUT2D eigenvalue weighted by Crippen LogP contribution is 2.31.